The van der Waals surface area contributed by atoms with Crippen molar-refractivity contribution in [2.24, 2.45) is 5.92 Å². The Hall–Kier alpha value is -0.990. The number of carbonyl (C=O) groups is 1. The van der Waals surface area contributed by atoms with Crippen molar-refractivity contribution in [2.45, 2.75) is 20.8 Å². The number of carbonyl (C=O) groups excluding carboxylic acids is 1. The summed E-state index contributed by atoms with van der Waals surface area (Å²) in [4.78, 5) is 12.9. The molecule has 3 nitrogen and oxygen atoms in total. The molecule has 0 saturated carbocycles. The van der Waals surface area contributed by atoms with Gasteiger partial charge in [0.05, 0.1) is 7.11 Å². The van der Waals surface area contributed by atoms with Crippen LogP contribution in [0.4, 0.5) is 0 Å². The van der Waals surface area contributed by atoms with Gasteiger partial charge >= 0.3 is 5.97 Å². The lowest BCUT2D eigenvalue weighted by Crippen LogP contribution is -2.22. The second-order valence-corrected chi connectivity index (χ2v) is 3.32. The van der Waals surface area contributed by atoms with E-state index in [-0.39, 0.29) is 5.97 Å². The fraction of sp³-hybridized carbons (Fsp3) is 0.700. The van der Waals surface area contributed by atoms with E-state index in [2.05, 4.69) is 30.4 Å². The predicted molar refractivity (Wildman–Crippen MR) is 53.2 cm³/mol. The molecule has 0 amide bonds. The third-order valence-electron chi connectivity index (χ3n) is 1.63. The molecule has 0 heterocycles. The fourth-order valence-electron chi connectivity index (χ4n) is 0.999. The lowest BCUT2D eigenvalue weighted by molar-refractivity contribution is -0.134. The summed E-state index contributed by atoms with van der Waals surface area (Å²) in [6.45, 7) is 8.23. The van der Waals surface area contributed by atoms with E-state index in [4.69, 9.17) is 0 Å². The van der Waals surface area contributed by atoms with Gasteiger partial charge < -0.3 is 9.64 Å². The molecule has 0 aliphatic carbocycles. The molecule has 0 radical (unpaired) electrons. The number of methoxy groups -OCH3 is 1. The van der Waals surface area contributed by atoms with Crippen LogP contribution in [0, 0.1) is 5.92 Å². The van der Waals surface area contributed by atoms with Gasteiger partial charge in [-0.1, -0.05) is 13.8 Å². The number of rotatable bonds is 5. The van der Waals surface area contributed by atoms with E-state index in [0.29, 0.717) is 5.92 Å². The first-order chi connectivity index (χ1) is 6.10. The number of ether oxygens (including phenoxy) is 1. The third-order valence-corrected chi connectivity index (χ3v) is 1.63. The highest BCUT2D eigenvalue weighted by atomic mass is 16.5. The van der Waals surface area contributed by atoms with Gasteiger partial charge in [-0.15, -0.1) is 0 Å². The van der Waals surface area contributed by atoms with Gasteiger partial charge in [0.15, 0.2) is 0 Å². The van der Waals surface area contributed by atoms with Crippen LogP contribution in [0.3, 0.4) is 0 Å². The van der Waals surface area contributed by atoms with Crippen molar-refractivity contribution in [3.05, 3.63) is 12.3 Å². The molecule has 0 aliphatic rings. The first-order valence-electron chi connectivity index (χ1n) is 4.60. The highest BCUT2D eigenvalue weighted by Crippen LogP contribution is 1.98. The van der Waals surface area contributed by atoms with E-state index < -0.39 is 0 Å². The summed E-state index contributed by atoms with van der Waals surface area (Å²) in [5.41, 5.74) is 0. The molecule has 0 N–H and O–H groups in total. The molecule has 0 aromatic carbocycles. The van der Waals surface area contributed by atoms with E-state index in [1.165, 1.54) is 13.2 Å². The van der Waals surface area contributed by atoms with Crippen molar-refractivity contribution in [3.8, 4) is 0 Å². The van der Waals surface area contributed by atoms with Crippen molar-refractivity contribution in [1.29, 1.82) is 0 Å². The van der Waals surface area contributed by atoms with E-state index in [1.54, 1.807) is 6.20 Å². The highest BCUT2D eigenvalue weighted by Gasteiger charge is 2.00. The minimum Gasteiger partial charge on any atom is -0.466 e. The third kappa shape index (κ3) is 6.20. The first-order valence-corrected chi connectivity index (χ1v) is 4.60. The van der Waals surface area contributed by atoms with Gasteiger partial charge in [-0.2, -0.15) is 0 Å². The average Bonchev–Trinajstić information content (AvgIpc) is 2.10. The molecule has 0 aromatic rings. The summed E-state index contributed by atoms with van der Waals surface area (Å²) < 4.78 is 4.50. The zero-order chi connectivity index (χ0) is 10.3. The van der Waals surface area contributed by atoms with Crippen LogP contribution in [0.15, 0.2) is 12.3 Å². The molecule has 0 aromatic heterocycles. The largest absolute Gasteiger partial charge is 0.466 e. The molecule has 0 saturated heterocycles. The molecule has 0 fully saturated rings. The van der Waals surface area contributed by atoms with Gasteiger partial charge in [0.2, 0.25) is 0 Å². The maximum Gasteiger partial charge on any atom is 0.331 e. The number of hydrogen-bond acceptors (Lipinski definition) is 3. The summed E-state index contributed by atoms with van der Waals surface area (Å²) >= 11 is 0. The molecular formula is C10H19NO2. The Morgan fingerprint density at radius 2 is 2.15 bits per heavy atom. The minimum absolute atomic E-state index is 0.304. The van der Waals surface area contributed by atoms with Gasteiger partial charge in [-0.05, 0) is 12.8 Å². The summed E-state index contributed by atoms with van der Waals surface area (Å²) in [6, 6.07) is 0. The second-order valence-electron chi connectivity index (χ2n) is 3.32. The lowest BCUT2D eigenvalue weighted by Gasteiger charge is -2.19. The Morgan fingerprint density at radius 3 is 2.54 bits per heavy atom. The molecule has 0 bridgehead atoms. The minimum atomic E-state index is -0.304. The van der Waals surface area contributed by atoms with Crippen molar-refractivity contribution < 1.29 is 9.53 Å². The molecule has 0 spiro atoms. The summed E-state index contributed by atoms with van der Waals surface area (Å²) in [5, 5.41) is 0. The van der Waals surface area contributed by atoms with Gasteiger partial charge in [-0.25, -0.2) is 4.79 Å². The van der Waals surface area contributed by atoms with Crippen LogP contribution in [0.25, 0.3) is 0 Å². The molecule has 0 atom stereocenters. The molecule has 0 unspecified atom stereocenters. The van der Waals surface area contributed by atoms with Crippen LogP contribution >= 0.6 is 0 Å². The van der Waals surface area contributed by atoms with Crippen molar-refractivity contribution in [3.63, 3.8) is 0 Å². The normalized spacial score (nSPS) is 10.8. The topological polar surface area (TPSA) is 29.5 Å². The van der Waals surface area contributed by atoms with Crippen LogP contribution in [-0.2, 0) is 9.53 Å². The molecular weight excluding hydrogens is 166 g/mol. The summed E-state index contributed by atoms with van der Waals surface area (Å²) in [6.07, 6.45) is 3.23. The van der Waals surface area contributed by atoms with Gasteiger partial charge in [0.1, 0.15) is 0 Å². The number of nitrogens with zero attached hydrogens (tertiary/aromatic N) is 1. The molecule has 3 heteroatoms. The molecule has 0 rings (SSSR count). The quantitative estimate of drug-likeness (QED) is 0.482. The first kappa shape index (κ1) is 12.0. The SMILES string of the molecule is CCN(C=CC(=O)OC)CC(C)C. The smallest absolute Gasteiger partial charge is 0.331 e. The Bertz CT molecular complexity index is 176. The van der Waals surface area contributed by atoms with Crippen LogP contribution < -0.4 is 0 Å². The fourth-order valence-corrected chi connectivity index (χ4v) is 0.999. The Labute approximate surface area is 80.4 Å². The number of esters is 1. The molecule has 13 heavy (non-hydrogen) atoms. The van der Waals surface area contributed by atoms with Gasteiger partial charge in [0, 0.05) is 25.4 Å². The van der Waals surface area contributed by atoms with Gasteiger partial charge in [-0.3, -0.25) is 0 Å². The van der Waals surface area contributed by atoms with Crippen molar-refractivity contribution >= 4 is 5.97 Å². The standard InChI is InChI=1S/C10H19NO2/c1-5-11(8-9(2)3)7-6-10(12)13-4/h6-7,9H,5,8H2,1-4H3. The van der Waals surface area contributed by atoms with Gasteiger partial charge in [0.25, 0.3) is 0 Å². The lowest BCUT2D eigenvalue weighted by atomic mass is 10.2. The van der Waals surface area contributed by atoms with Crippen LogP contribution in [0.1, 0.15) is 20.8 Å². The highest BCUT2D eigenvalue weighted by molar-refractivity contribution is 5.81. The number of hydrogen-bond donors (Lipinski definition) is 0. The monoisotopic (exact) mass is 185 g/mol. The Morgan fingerprint density at radius 1 is 1.54 bits per heavy atom. The zero-order valence-electron chi connectivity index (χ0n) is 8.91. The summed E-state index contributed by atoms with van der Waals surface area (Å²) in [5.74, 6) is 0.296. The summed E-state index contributed by atoms with van der Waals surface area (Å²) in [7, 11) is 1.38. The van der Waals surface area contributed by atoms with Crippen LogP contribution in [0.5, 0.6) is 0 Å². The molecule has 76 valence electrons. The predicted octanol–water partition coefficient (Wildman–Crippen LogP) is 1.65. The van der Waals surface area contributed by atoms with E-state index in [1.807, 2.05) is 0 Å². The van der Waals surface area contributed by atoms with Crippen LogP contribution in [0.2, 0.25) is 0 Å². The van der Waals surface area contributed by atoms with Crippen molar-refractivity contribution in [2.75, 3.05) is 20.2 Å². The van der Waals surface area contributed by atoms with E-state index in [0.717, 1.165) is 13.1 Å². The second kappa shape index (κ2) is 6.52. The maximum absolute atomic E-state index is 10.8. The van der Waals surface area contributed by atoms with Crippen LogP contribution in [-0.4, -0.2) is 31.1 Å². The average molecular weight is 185 g/mol. The molecule has 0 aliphatic heterocycles. The Balaban J connectivity index is 3.96. The zero-order valence-corrected chi connectivity index (χ0v) is 8.91. The van der Waals surface area contributed by atoms with Crippen molar-refractivity contribution in [1.82, 2.24) is 4.90 Å². The Kier molecular flexibility index (Phi) is 6.02. The maximum atomic E-state index is 10.8. The van der Waals surface area contributed by atoms with E-state index >= 15 is 0 Å². The van der Waals surface area contributed by atoms with E-state index in [9.17, 15) is 4.79 Å².